The highest BCUT2D eigenvalue weighted by Crippen LogP contribution is 2.23. The van der Waals surface area contributed by atoms with E-state index in [1.807, 2.05) is 0 Å². The quantitative estimate of drug-likeness (QED) is 0.858. The lowest BCUT2D eigenvalue weighted by atomic mass is 10.1. The van der Waals surface area contributed by atoms with Crippen LogP contribution in [-0.4, -0.2) is 35.7 Å². The van der Waals surface area contributed by atoms with Gasteiger partial charge in [-0.2, -0.15) is 0 Å². The summed E-state index contributed by atoms with van der Waals surface area (Å²) in [4.78, 5) is 23.4. The van der Waals surface area contributed by atoms with E-state index in [1.54, 1.807) is 24.9 Å². The number of benzene rings is 1. The molecule has 2 N–H and O–H groups in total. The Morgan fingerprint density at radius 1 is 1.39 bits per heavy atom. The topological polar surface area (TPSA) is 77.8 Å². The van der Waals surface area contributed by atoms with Crippen LogP contribution in [0, 0.1) is 5.92 Å². The van der Waals surface area contributed by atoms with E-state index in [9.17, 15) is 9.59 Å². The van der Waals surface area contributed by atoms with Crippen molar-refractivity contribution in [3.63, 3.8) is 0 Å². The summed E-state index contributed by atoms with van der Waals surface area (Å²) in [7, 11) is 1.70. The van der Waals surface area contributed by atoms with Gasteiger partial charge in [-0.15, -0.1) is 0 Å². The minimum absolute atomic E-state index is 0.00370. The molecule has 0 spiro atoms. The van der Waals surface area contributed by atoms with E-state index in [0.29, 0.717) is 5.69 Å². The normalized spacial score (nSPS) is 11.9. The monoisotopic (exact) mass is 271 g/mol. The number of carbonyl (C=O) groups is 2. The number of nitrogens with zero attached hydrogens (tertiary/aromatic N) is 1. The number of anilines is 1. The zero-order valence-corrected chi connectivity index (χ0v) is 10.8. The Morgan fingerprint density at radius 3 is 2.50 bits per heavy atom. The Morgan fingerprint density at radius 2 is 2.00 bits per heavy atom. The van der Waals surface area contributed by atoms with Crippen LogP contribution in [0.4, 0.5) is 5.69 Å². The van der Waals surface area contributed by atoms with Crippen LogP contribution in [-0.2, 0) is 4.79 Å². The van der Waals surface area contributed by atoms with Crippen molar-refractivity contribution in [3.05, 3.63) is 28.8 Å². The molecule has 0 saturated heterocycles. The van der Waals surface area contributed by atoms with Crippen LogP contribution in [0.3, 0.4) is 0 Å². The highest BCUT2D eigenvalue weighted by atomic mass is 35.5. The Labute approximate surface area is 110 Å². The minimum Gasteiger partial charge on any atom is -0.481 e. The summed E-state index contributed by atoms with van der Waals surface area (Å²) in [6, 6.07) is 4.57. The van der Waals surface area contributed by atoms with Crippen LogP contribution in [0.2, 0.25) is 5.02 Å². The van der Waals surface area contributed by atoms with E-state index >= 15 is 0 Å². The van der Waals surface area contributed by atoms with Gasteiger partial charge < -0.3 is 15.1 Å². The van der Waals surface area contributed by atoms with Gasteiger partial charge in [-0.3, -0.25) is 4.79 Å². The molecule has 0 aromatic heterocycles. The number of carboxylic acid groups (broad SMARTS) is 2. The molecular formula is C12H14ClNO4. The van der Waals surface area contributed by atoms with Gasteiger partial charge >= 0.3 is 11.9 Å². The first-order valence-corrected chi connectivity index (χ1v) is 5.67. The maximum Gasteiger partial charge on any atom is 0.337 e. The molecule has 1 aromatic rings. The molecule has 0 bridgehead atoms. The van der Waals surface area contributed by atoms with Gasteiger partial charge in [0.15, 0.2) is 0 Å². The number of hydrogen-bond acceptors (Lipinski definition) is 3. The van der Waals surface area contributed by atoms with E-state index < -0.39 is 17.9 Å². The van der Waals surface area contributed by atoms with Gasteiger partial charge in [0.2, 0.25) is 0 Å². The third kappa shape index (κ3) is 3.37. The largest absolute Gasteiger partial charge is 0.481 e. The second-order valence-electron chi connectivity index (χ2n) is 4.09. The molecule has 1 aromatic carbocycles. The molecule has 0 amide bonds. The fraction of sp³-hybridized carbons (Fsp3) is 0.333. The van der Waals surface area contributed by atoms with Crippen LogP contribution in [0.15, 0.2) is 18.2 Å². The smallest absolute Gasteiger partial charge is 0.337 e. The molecule has 5 nitrogen and oxygen atoms in total. The van der Waals surface area contributed by atoms with Crippen LogP contribution >= 0.6 is 11.6 Å². The molecule has 0 aliphatic carbocycles. The molecule has 0 aliphatic rings. The van der Waals surface area contributed by atoms with Crippen molar-refractivity contribution in [2.24, 2.45) is 5.92 Å². The summed E-state index contributed by atoms with van der Waals surface area (Å²) in [5.74, 6) is -2.55. The van der Waals surface area contributed by atoms with E-state index in [2.05, 4.69) is 0 Å². The lowest BCUT2D eigenvalue weighted by molar-refractivity contribution is -0.140. The first-order valence-electron chi connectivity index (χ1n) is 5.29. The first kappa shape index (κ1) is 14.3. The SMILES string of the molecule is CC(CN(C)c1ccc(Cl)c(C(=O)O)c1)C(=O)O. The van der Waals surface area contributed by atoms with Crippen molar-refractivity contribution in [3.8, 4) is 0 Å². The van der Waals surface area contributed by atoms with E-state index in [0.717, 1.165) is 0 Å². The van der Waals surface area contributed by atoms with Gasteiger partial charge in [-0.05, 0) is 18.2 Å². The number of hydrogen-bond donors (Lipinski definition) is 2. The molecule has 1 rings (SSSR count). The fourth-order valence-electron chi connectivity index (χ4n) is 1.51. The Bertz CT molecular complexity index is 475. The number of aliphatic carboxylic acids is 1. The average Bonchev–Trinajstić information content (AvgIpc) is 2.28. The molecule has 0 heterocycles. The molecule has 0 radical (unpaired) electrons. The molecule has 1 atom stereocenters. The van der Waals surface area contributed by atoms with Crippen LogP contribution in [0.5, 0.6) is 0 Å². The van der Waals surface area contributed by atoms with Crippen molar-refractivity contribution in [1.82, 2.24) is 0 Å². The zero-order valence-electron chi connectivity index (χ0n) is 10.1. The highest BCUT2D eigenvalue weighted by molar-refractivity contribution is 6.33. The summed E-state index contributed by atoms with van der Waals surface area (Å²) >= 11 is 5.76. The predicted octanol–water partition coefficient (Wildman–Crippen LogP) is 2.20. The Hall–Kier alpha value is -1.75. The van der Waals surface area contributed by atoms with Gasteiger partial charge in [-0.25, -0.2) is 4.79 Å². The third-order valence-corrected chi connectivity index (χ3v) is 2.92. The van der Waals surface area contributed by atoms with Crippen LogP contribution < -0.4 is 4.90 Å². The van der Waals surface area contributed by atoms with Crippen LogP contribution in [0.25, 0.3) is 0 Å². The van der Waals surface area contributed by atoms with Gasteiger partial charge in [0.1, 0.15) is 0 Å². The van der Waals surface area contributed by atoms with Gasteiger partial charge in [0, 0.05) is 19.3 Å². The van der Waals surface area contributed by atoms with Crippen molar-refractivity contribution in [2.45, 2.75) is 6.92 Å². The predicted molar refractivity (Wildman–Crippen MR) is 68.5 cm³/mol. The third-order valence-electron chi connectivity index (χ3n) is 2.59. The number of rotatable bonds is 5. The fourth-order valence-corrected chi connectivity index (χ4v) is 1.71. The molecule has 18 heavy (non-hydrogen) atoms. The Kier molecular flexibility index (Phi) is 4.55. The van der Waals surface area contributed by atoms with Crippen molar-refractivity contribution >= 4 is 29.2 Å². The van der Waals surface area contributed by atoms with E-state index in [1.165, 1.54) is 12.1 Å². The highest BCUT2D eigenvalue weighted by Gasteiger charge is 2.16. The van der Waals surface area contributed by atoms with Gasteiger partial charge in [0.25, 0.3) is 0 Å². The lowest BCUT2D eigenvalue weighted by Gasteiger charge is -2.22. The molecule has 0 aliphatic heterocycles. The number of halogens is 1. The van der Waals surface area contributed by atoms with Gasteiger partial charge in [-0.1, -0.05) is 18.5 Å². The second-order valence-corrected chi connectivity index (χ2v) is 4.50. The summed E-state index contributed by atoms with van der Waals surface area (Å²) in [6.07, 6.45) is 0. The lowest BCUT2D eigenvalue weighted by Crippen LogP contribution is -2.28. The maximum absolute atomic E-state index is 10.9. The number of carboxylic acids is 2. The molecular weight excluding hydrogens is 258 g/mol. The summed E-state index contributed by atoms with van der Waals surface area (Å²) < 4.78 is 0. The standard InChI is InChI=1S/C12H14ClNO4/c1-7(11(15)16)6-14(2)8-3-4-10(13)9(5-8)12(17)18/h3-5,7H,6H2,1-2H3,(H,15,16)(H,17,18). The van der Waals surface area contributed by atoms with E-state index in [-0.39, 0.29) is 17.1 Å². The minimum atomic E-state index is -1.11. The molecule has 98 valence electrons. The van der Waals surface area contributed by atoms with E-state index in [4.69, 9.17) is 21.8 Å². The summed E-state index contributed by atoms with van der Waals surface area (Å²) in [6.45, 7) is 1.88. The maximum atomic E-state index is 10.9. The average molecular weight is 272 g/mol. The zero-order chi connectivity index (χ0) is 13.9. The van der Waals surface area contributed by atoms with Crippen LogP contribution in [0.1, 0.15) is 17.3 Å². The van der Waals surface area contributed by atoms with Crippen molar-refractivity contribution in [2.75, 3.05) is 18.5 Å². The molecule has 0 fully saturated rings. The van der Waals surface area contributed by atoms with Crippen molar-refractivity contribution < 1.29 is 19.8 Å². The molecule has 0 saturated carbocycles. The van der Waals surface area contributed by atoms with Gasteiger partial charge in [0.05, 0.1) is 16.5 Å². The summed E-state index contributed by atoms with van der Waals surface area (Å²) in [5.41, 5.74) is 0.619. The molecule has 6 heteroatoms. The second kappa shape index (κ2) is 5.73. The number of aromatic carboxylic acids is 1. The van der Waals surface area contributed by atoms with Crippen molar-refractivity contribution in [1.29, 1.82) is 0 Å². The Balaban J connectivity index is 2.93. The first-order chi connectivity index (χ1) is 8.32. The summed E-state index contributed by atoms with van der Waals surface area (Å²) in [5, 5.41) is 17.9. The molecule has 1 unspecified atom stereocenters.